The molecule has 0 fully saturated rings. The van der Waals surface area contributed by atoms with E-state index in [1.807, 2.05) is 0 Å². The predicted molar refractivity (Wildman–Crippen MR) is 157 cm³/mol. The Morgan fingerprint density at radius 2 is 1.14 bits per heavy atom. The Morgan fingerprint density at radius 3 is 1.66 bits per heavy atom. The van der Waals surface area contributed by atoms with Crippen molar-refractivity contribution < 1.29 is 46.1 Å². The van der Waals surface area contributed by atoms with Gasteiger partial charge in [-0.05, 0) is 77.5 Å². The number of aromatic hydroxyl groups is 2. The quantitative estimate of drug-likeness (QED) is 0.0683. The smallest absolute Gasteiger partial charge is 0.335 e. The van der Waals surface area contributed by atoms with Gasteiger partial charge in [0.2, 0.25) is 0 Å². The normalized spacial score (nSPS) is 12.5. The van der Waals surface area contributed by atoms with Crippen molar-refractivity contribution in [3.05, 3.63) is 78.4 Å². The first kappa shape index (κ1) is 30.0. The highest BCUT2D eigenvalue weighted by atomic mass is 32.2. The number of anilines is 1. The van der Waals surface area contributed by atoms with Crippen molar-refractivity contribution in [1.29, 1.82) is 0 Å². The topological polar surface area (TPSA) is 262 Å². The second-order valence-electron chi connectivity index (χ2n) is 9.24. The van der Waals surface area contributed by atoms with Crippen LogP contribution in [0.4, 0.5) is 28.4 Å². The minimum Gasteiger partial charge on any atom is -0.505 e. The minimum absolute atomic E-state index is 0.0175. The molecule has 0 aromatic heterocycles. The van der Waals surface area contributed by atoms with E-state index in [0.717, 1.165) is 18.2 Å². The molecule has 0 spiro atoms. The average Bonchev–Trinajstić information content (AvgIpc) is 2.94. The molecule has 0 amide bonds. The van der Waals surface area contributed by atoms with Gasteiger partial charge in [0.15, 0.2) is 11.5 Å². The lowest BCUT2D eigenvalue weighted by Gasteiger charge is -2.10. The fraction of sp³-hybridized carbons (Fsp3) is 0. The van der Waals surface area contributed by atoms with Gasteiger partial charge < -0.3 is 21.1 Å². The standard InChI is InChI=1S/C27H19N5O10S2/c28-16-4-6-19-14(8-16)11-21(43(37,38)39)23(25(19)33)32-30-18-5-7-20-15(10-18)12-22(44(40,41)42)24(26(20)34)31-29-17-3-1-2-13(9-17)27(35)36/h1-12,33-34H,28H2,(H,35,36)(H,37,38,39)(H,40,41,42). The van der Waals surface area contributed by atoms with E-state index in [1.54, 1.807) is 0 Å². The van der Waals surface area contributed by atoms with Gasteiger partial charge in [-0.25, -0.2) is 4.79 Å². The molecule has 224 valence electrons. The molecule has 0 aliphatic heterocycles. The van der Waals surface area contributed by atoms with Gasteiger partial charge in [-0.2, -0.15) is 27.1 Å². The summed E-state index contributed by atoms with van der Waals surface area (Å²) in [6, 6.07) is 15.3. The van der Waals surface area contributed by atoms with Crippen molar-refractivity contribution >= 4 is 76.2 Å². The van der Waals surface area contributed by atoms with Crippen molar-refractivity contribution in [2.75, 3.05) is 5.73 Å². The van der Waals surface area contributed by atoms with Crippen molar-refractivity contribution in [3.8, 4) is 11.5 Å². The van der Waals surface area contributed by atoms with E-state index < -0.39 is 58.9 Å². The number of phenolic OH excluding ortho intramolecular Hbond substituents is 2. The highest BCUT2D eigenvalue weighted by Crippen LogP contribution is 2.44. The van der Waals surface area contributed by atoms with Crippen LogP contribution < -0.4 is 5.73 Å². The molecule has 5 rings (SSSR count). The molecule has 15 nitrogen and oxygen atoms in total. The third-order valence-electron chi connectivity index (χ3n) is 6.29. The summed E-state index contributed by atoms with van der Waals surface area (Å²) in [4.78, 5) is 9.62. The Kier molecular flexibility index (Phi) is 7.48. The van der Waals surface area contributed by atoms with Crippen LogP contribution in [0, 0.1) is 0 Å². The summed E-state index contributed by atoms with van der Waals surface area (Å²) >= 11 is 0. The number of nitrogens with two attached hydrogens (primary N) is 1. The molecule has 44 heavy (non-hydrogen) atoms. The summed E-state index contributed by atoms with van der Waals surface area (Å²) in [5.74, 6) is -2.55. The summed E-state index contributed by atoms with van der Waals surface area (Å²) in [6.07, 6.45) is 0. The van der Waals surface area contributed by atoms with Crippen LogP contribution in [0.25, 0.3) is 21.5 Å². The molecule has 0 aliphatic carbocycles. The predicted octanol–water partition coefficient (Wildman–Crippen LogP) is 6.01. The van der Waals surface area contributed by atoms with Crippen molar-refractivity contribution in [3.63, 3.8) is 0 Å². The zero-order chi connectivity index (χ0) is 32.0. The Balaban J connectivity index is 1.61. The van der Waals surface area contributed by atoms with Gasteiger partial charge in [0.25, 0.3) is 20.2 Å². The van der Waals surface area contributed by atoms with Gasteiger partial charge in [-0.1, -0.05) is 6.07 Å². The number of hydrogen-bond acceptors (Lipinski definition) is 12. The van der Waals surface area contributed by atoms with Crippen LogP contribution in [-0.4, -0.2) is 47.2 Å². The van der Waals surface area contributed by atoms with Crippen LogP contribution >= 0.6 is 0 Å². The van der Waals surface area contributed by atoms with Gasteiger partial charge in [-0.3, -0.25) is 9.11 Å². The van der Waals surface area contributed by atoms with Gasteiger partial charge in [0.1, 0.15) is 21.2 Å². The number of azo groups is 2. The number of benzene rings is 5. The number of carbonyl (C=O) groups is 1. The van der Waals surface area contributed by atoms with Gasteiger partial charge in [-0.15, -0.1) is 10.2 Å². The Morgan fingerprint density at radius 1 is 0.636 bits per heavy atom. The summed E-state index contributed by atoms with van der Waals surface area (Å²) in [7, 11) is -9.89. The second kappa shape index (κ2) is 11.0. The van der Waals surface area contributed by atoms with E-state index in [1.165, 1.54) is 54.6 Å². The monoisotopic (exact) mass is 637 g/mol. The molecule has 5 aromatic carbocycles. The summed E-state index contributed by atoms with van der Waals surface area (Å²) in [6.45, 7) is 0. The molecular weight excluding hydrogens is 618 g/mol. The molecule has 0 unspecified atom stereocenters. The zero-order valence-corrected chi connectivity index (χ0v) is 23.5. The summed E-state index contributed by atoms with van der Waals surface area (Å²) in [5, 5.41) is 46.5. The third kappa shape index (κ3) is 5.88. The molecule has 7 N–H and O–H groups in total. The number of aromatic carboxylic acids is 1. The Labute approximate surface area is 247 Å². The zero-order valence-electron chi connectivity index (χ0n) is 21.9. The van der Waals surface area contributed by atoms with Crippen molar-refractivity contribution in [2.24, 2.45) is 20.5 Å². The van der Waals surface area contributed by atoms with Gasteiger partial charge in [0, 0.05) is 16.5 Å². The third-order valence-corrected chi connectivity index (χ3v) is 8.02. The Bertz CT molecular complexity index is 2300. The number of hydrogen-bond donors (Lipinski definition) is 6. The first-order chi connectivity index (χ1) is 20.6. The van der Waals surface area contributed by atoms with Crippen LogP contribution in [0.1, 0.15) is 10.4 Å². The highest BCUT2D eigenvalue weighted by Gasteiger charge is 2.24. The lowest BCUT2D eigenvalue weighted by molar-refractivity contribution is 0.0696. The number of nitrogens with zero attached hydrogens (tertiary/aromatic N) is 4. The summed E-state index contributed by atoms with van der Waals surface area (Å²) in [5.41, 5.74) is 4.67. The van der Waals surface area contributed by atoms with E-state index in [0.29, 0.717) is 0 Å². The van der Waals surface area contributed by atoms with E-state index in [-0.39, 0.29) is 44.2 Å². The number of fused-ring (bicyclic) bond motifs is 2. The number of carboxylic acid groups (broad SMARTS) is 1. The fourth-order valence-corrected chi connectivity index (χ4v) is 5.59. The van der Waals surface area contributed by atoms with Crippen LogP contribution in [-0.2, 0) is 20.2 Å². The van der Waals surface area contributed by atoms with Crippen molar-refractivity contribution in [1.82, 2.24) is 0 Å². The average molecular weight is 638 g/mol. The molecule has 5 aromatic rings. The molecule has 0 aliphatic rings. The molecule has 0 saturated carbocycles. The van der Waals surface area contributed by atoms with E-state index in [9.17, 15) is 40.9 Å². The number of rotatable bonds is 7. The van der Waals surface area contributed by atoms with Crippen LogP contribution in [0.2, 0.25) is 0 Å². The van der Waals surface area contributed by atoms with Crippen LogP contribution in [0.5, 0.6) is 11.5 Å². The van der Waals surface area contributed by atoms with Crippen LogP contribution in [0.15, 0.2) is 103 Å². The highest BCUT2D eigenvalue weighted by molar-refractivity contribution is 7.86. The number of phenols is 2. The van der Waals surface area contributed by atoms with Gasteiger partial charge >= 0.3 is 5.97 Å². The maximum absolute atomic E-state index is 12.2. The lowest BCUT2D eigenvalue weighted by atomic mass is 10.1. The first-order valence-corrected chi connectivity index (χ1v) is 15.0. The molecule has 17 heteroatoms. The maximum atomic E-state index is 12.2. The Hall–Kier alpha value is -5.49. The van der Waals surface area contributed by atoms with Crippen molar-refractivity contribution in [2.45, 2.75) is 9.79 Å². The minimum atomic E-state index is -4.99. The SMILES string of the molecule is Nc1ccc2c(O)c(N=Nc3ccc4c(O)c(N=Nc5cccc(C(=O)O)c5)c(S(=O)(=O)O)cc4c3)c(S(=O)(=O)O)cc2c1. The van der Waals surface area contributed by atoms with E-state index in [2.05, 4.69) is 20.5 Å². The van der Waals surface area contributed by atoms with Crippen LogP contribution in [0.3, 0.4) is 0 Å². The number of nitrogen functional groups attached to an aromatic ring is 1. The molecule has 0 radical (unpaired) electrons. The molecule has 0 bridgehead atoms. The maximum Gasteiger partial charge on any atom is 0.335 e. The largest absolute Gasteiger partial charge is 0.505 e. The molecular formula is C27H19N5O10S2. The lowest BCUT2D eigenvalue weighted by Crippen LogP contribution is -1.99. The first-order valence-electron chi connectivity index (χ1n) is 12.1. The fourth-order valence-electron chi connectivity index (χ4n) is 4.27. The summed E-state index contributed by atoms with van der Waals surface area (Å²) < 4.78 is 68.2. The number of carboxylic acids is 1. The van der Waals surface area contributed by atoms with E-state index >= 15 is 0 Å². The molecule has 0 atom stereocenters. The molecule has 0 heterocycles. The van der Waals surface area contributed by atoms with E-state index in [4.69, 9.17) is 10.8 Å². The molecule has 0 saturated heterocycles. The van der Waals surface area contributed by atoms with Gasteiger partial charge in [0.05, 0.1) is 16.9 Å². The second-order valence-corrected chi connectivity index (χ2v) is 12.0.